The number of nitrogens with zero attached hydrogens (tertiary/aromatic N) is 4. The van der Waals surface area contributed by atoms with Crippen LogP contribution < -0.4 is 0 Å². The van der Waals surface area contributed by atoms with Crippen LogP contribution in [0.1, 0.15) is 25.0 Å². The third kappa shape index (κ3) is 4.53. The molecule has 8 heteroatoms. The van der Waals surface area contributed by atoms with Crippen molar-refractivity contribution in [3.8, 4) is 0 Å². The maximum atomic E-state index is 13.1. The number of carbonyl (C=O) groups is 1. The summed E-state index contributed by atoms with van der Waals surface area (Å²) < 4.78 is 21.5. The molecule has 0 unspecified atom stereocenters. The highest BCUT2D eigenvalue weighted by Crippen LogP contribution is 2.25. The Labute approximate surface area is 184 Å². The lowest BCUT2D eigenvalue weighted by molar-refractivity contribution is -0.131. The number of carbonyl (C=O) groups excluding carboxylic acids is 1. The monoisotopic (exact) mass is 444 g/mol. The molecule has 0 spiro atoms. The fourth-order valence-electron chi connectivity index (χ4n) is 3.78. The van der Waals surface area contributed by atoms with Crippen LogP contribution in [0.3, 0.4) is 0 Å². The molecule has 3 aromatic rings. The summed E-state index contributed by atoms with van der Waals surface area (Å²) in [6.07, 6.45) is 3.37. The van der Waals surface area contributed by atoms with E-state index in [1.165, 1.54) is 12.1 Å². The van der Waals surface area contributed by atoms with Gasteiger partial charge >= 0.3 is 0 Å². The second-order valence-electron chi connectivity index (χ2n) is 7.71. The minimum atomic E-state index is -0.228. The van der Waals surface area contributed by atoms with Gasteiger partial charge in [-0.15, -0.1) is 0 Å². The number of benzene rings is 2. The third-order valence-electron chi connectivity index (χ3n) is 5.45. The Bertz CT molecular complexity index is 1080. The van der Waals surface area contributed by atoms with E-state index in [2.05, 4.69) is 27.5 Å². The van der Waals surface area contributed by atoms with Gasteiger partial charge in [-0.25, -0.2) is 4.39 Å². The standard InChI is InChI=1S/C22H22ClFN4OS/c1-14-12-28(15(2)11-27(14)13-16-3-6-18(24)7-4-16)21(29)8-5-17-9-19(23)22-20(10-17)25-30-26-22/h3-10,14-15H,11-13H2,1-2H3/b8-5+/t14-,15+/m0/s1. The smallest absolute Gasteiger partial charge is 0.246 e. The predicted molar refractivity (Wildman–Crippen MR) is 119 cm³/mol. The number of hydrogen-bond acceptors (Lipinski definition) is 5. The topological polar surface area (TPSA) is 49.3 Å². The van der Waals surface area contributed by atoms with Crippen LogP contribution in [0.15, 0.2) is 42.5 Å². The van der Waals surface area contributed by atoms with E-state index >= 15 is 0 Å². The average Bonchev–Trinajstić information content (AvgIpc) is 3.19. The summed E-state index contributed by atoms with van der Waals surface area (Å²) in [7, 11) is 0. The number of rotatable bonds is 4. The minimum absolute atomic E-state index is 0.0246. The molecule has 0 radical (unpaired) electrons. The summed E-state index contributed by atoms with van der Waals surface area (Å²) in [6, 6.07) is 10.5. The van der Waals surface area contributed by atoms with Gasteiger partial charge in [-0.2, -0.15) is 8.75 Å². The molecule has 0 N–H and O–H groups in total. The van der Waals surface area contributed by atoms with Crippen LogP contribution in [0, 0.1) is 5.82 Å². The van der Waals surface area contributed by atoms with Gasteiger partial charge < -0.3 is 4.90 Å². The summed E-state index contributed by atoms with van der Waals surface area (Å²) in [4.78, 5) is 17.1. The van der Waals surface area contributed by atoms with Crippen molar-refractivity contribution in [3.63, 3.8) is 0 Å². The van der Waals surface area contributed by atoms with Crippen LogP contribution in [0.5, 0.6) is 0 Å². The first-order chi connectivity index (χ1) is 14.4. The average molecular weight is 445 g/mol. The number of aromatic nitrogens is 2. The zero-order chi connectivity index (χ0) is 21.3. The molecular formula is C22H22ClFN4OS. The highest BCUT2D eigenvalue weighted by atomic mass is 35.5. The van der Waals surface area contributed by atoms with Crippen LogP contribution in [0.25, 0.3) is 17.1 Å². The first kappa shape index (κ1) is 20.9. The fourth-order valence-corrected chi connectivity index (χ4v) is 4.64. The number of hydrogen-bond donors (Lipinski definition) is 0. The van der Waals surface area contributed by atoms with Crippen molar-refractivity contribution in [3.05, 3.63) is 64.4 Å². The molecular weight excluding hydrogens is 423 g/mol. The zero-order valence-electron chi connectivity index (χ0n) is 16.8. The second kappa shape index (κ2) is 8.79. The lowest BCUT2D eigenvalue weighted by atomic mass is 10.1. The summed E-state index contributed by atoms with van der Waals surface area (Å²) >= 11 is 7.37. The normalized spacial score (nSPS) is 20.3. The van der Waals surface area contributed by atoms with Gasteiger partial charge in [0.25, 0.3) is 0 Å². The molecule has 1 fully saturated rings. The lowest BCUT2D eigenvalue weighted by Gasteiger charge is -2.44. The Morgan fingerprint density at radius 1 is 1.20 bits per heavy atom. The predicted octanol–water partition coefficient (Wildman–Crippen LogP) is 4.62. The molecule has 1 aliphatic rings. The van der Waals surface area contributed by atoms with E-state index in [1.807, 2.05) is 23.1 Å². The zero-order valence-corrected chi connectivity index (χ0v) is 18.3. The first-order valence-electron chi connectivity index (χ1n) is 9.79. The molecule has 156 valence electrons. The second-order valence-corrected chi connectivity index (χ2v) is 8.65. The van der Waals surface area contributed by atoms with Crippen molar-refractivity contribution >= 4 is 46.3 Å². The summed E-state index contributed by atoms with van der Waals surface area (Å²) in [6.45, 7) is 6.31. The molecule has 0 bridgehead atoms. The van der Waals surface area contributed by atoms with Crippen molar-refractivity contribution in [2.24, 2.45) is 0 Å². The molecule has 1 aliphatic heterocycles. The van der Waals surface area contributed by atoms with Gasteiger partial charge in [0.2, 0.25) is 5.91 Å². The molecule has 5 nitrogen and oxygen atoms in total. The summed E-state index contributed by atoms with van der Waals surface area (Å²) in [5.74, 6) is -0.253. The van der Waals surface area contributed by atoms with Crippen molar-refractivity contribution in [2.45, 2.75) is 32.5 Å². The van der Waals surface area contributed by atoms with Crippen LogP contribution in [0.2, 0.25) is 5.02 Å². The molecule has 2 atom stereocenters. The molecule has 4 rings (SSSR count). The minimum Gasteiger partial charge on any atom is -0.334 e. The third-order valence-corrected chi connectivity index (χ3v) is 6.28. The fraction of sp³-hybridized carbons (Fsp3) is 0.318. The Hall–Kier alpha value is -2.35. The van der Waals surface area contributed by atoms with Gasteiger partial charge in [-0.1, -0.05) is 23.7 Å². The maximum absolute atomic E-state index is 13.1. The van der Waals surface area contributed by atoms with Crippen LogP contribution in [-0.2, 0) is 11.3 Å². The lowest BCUT2D eigenvalue weighted by Crippen LogP contribution is -2.57. The number of amides is 1. The Balaban J connectivity index is 1.42. The largest absolute Gasteiger partial charge is 0.334 e. The van der Waals surface area contributed by atoms with Crippen molar-refractivity contribution in [1.29, 1.82) is 0 Å². The Morgan fingerprint density at radius 2 is 1.97 bits per heavy atom. The first-order valence-corrected chi connectivity index (χ1v) is 10.9. The van der Waals surface area contributed by atoms with Crippen molar-refractivity contribution in [1.82, 2.24) is 18.5 Å². The molecule has 1 amide bonds. The Kier molecular flexibility index (Phi) is 6.13. The number of fused-ring (bicyclic) bond motifs is 1. The molecule has 2 aromatic carbocycles. The van der Waals surface area contributed by atoms with Gasteiger partial charge in [-0.05, 0) is 55.3 Å². The van der Waals surface area contributed by atoms with Gasteiger partial charge in [0.1, 0.15) is 16.9 Å². The van der Waals surface area contributed by atoms with E-state index in [1.54, 1.807) is 18.2 Å². The number of piperazine rings is 1. The van der Waals surface area contributed by atoms with E-state index in [9.17, 15) is 9.18 Å². The molecule has 0 saturated carbocycles. The molecule has 1 aromatic heterocycles. The van der Waals surface area contributed by atoms with Gasteiger partial charge in [0.05, 0.1) is 16.8 Å². The highest BCUT2D eigenvalue weighted by Gasteiger charge is 2.31. The molecule has 30 heavy (non-hydrogen) atoms. The van der Waals surface area contributed by atoms with E-state index in [0.717, 1.165) is 41.5 Å². The summed E-state index contributed by atoms with van der Waals surface area (Å²) in [5, 5.41) is 0.532. The van der Waals surface area contributed by atoms with E-state index < -0.39 is 0 Å². The van der Waals surface area contributed by atoms with E-state index in [4.69, 9.17) is 11.6 Å². The molecule has 0 aliphatic carbocycles. The van der Waals surface area contributed by atoms with Gasteiger partial charge in [0, 0.05) is 37.8 Å². The molecule has 2 heterocycles. The number of halogens is 2. The van der Waals surface area contributed by atoms with E-state index in [0.29, 0.717) is 17.1 Å². The van der Waals surface area contributed by atoms with Crippen molar-refractivity contribution < 1.29 is 9.18 Å². The van der Waals surface area contributed by atoms with Gasteiger partial charge in [-0.3, -0.25) is 9.69 Å². The SMILES string of the molecule is C[C@@H]1CN(Cc2ccc(F)cc2)[C@@H](C)CN1C(=O)/C=C/c1cc(Cl)c2nsnc2c1. The summed E-state index contributed by atoms with van der Waals surface area (Å²) in [5.41, 5.74) is 3.31. The van der Waals surface area contributed by atoms with Crippen molar-refractivity contribution in [2.75, 3.05) is 13.1 Å². The van der Waals surface area contributed by atoms with Gasteiger partial charge in [0.15, 0.2) is 0 Å². The quantitative estimate of drug-likeness (QED) is 0.551. The Morgan fingerprint density at radius 3 is 2.73 bits per heavy atom. The van der Waals surface area contributed by atoms with Crippen LogP contribution in [0.4, 0.5) is 4.39 Å². The van der Waals surface area contributed by atoms with Crippen LogP contribution in [-0.4, -0.2) is 49.6 Å². The highest BCUT2D eigenvalue weighted by molar-refractivity contribution is 7.00. The van der Waals surface area contributed by atoms with Crippen LogP contribution >= 0.6 is 23.3 Å². The van der Waals surface area contributed by atoms with E-state index in [-0.39, 0.29) is 23.8 Å². The molecule has 1 saturated heterocycles. The maximum Gasteiger partial charge on any atom is 0.246 e.